The van der Waals surface area contributed by atoms with Crippen LogP contribution in [0.1, 0.15) is 41.5 Å². The molecule has 31 heavy (non-hydrogen) atoms. The summed E-state index contributed by atoms with van der Waals surface area (Å²) in [6.07, 6.45) is 8.68. The molecule has 0 atom stereocenters. The minimum Gasteiger partial charge on any atom is -0.322 e. The van der Waals surface area contributed by atoms with E-state index >= 15 is 0 Å². The van der Waals surface area contributed by atoms with Crippen molar-refractivity contribution in [1.29, 1.82) is 0 Å². The lowest BCUT2D eigenvalue weighted by Crippen LogP contribution is -2.30. The molecule has 0 spiro atoms. The number of fused-ring (bicyclic) bond motifs is 3. The van der Waals surface area contributed by atoms with Crippen LogP contribution in [0.2, 0.25) is 5.02 Å². The van der Waals surface area contributed by atoms with Gasteiger partial charge in [0.1, 0.15) is 0 Å². The molecule has 0 amide bonds. The van der Waals surface area contributed by atoms with Gasteiger partial charge in [-0.05, 0) is 79.0 Å². The molecule has 2 aromatic carbocycles. The molecule has 1 aliphatic carbocycles. The Morgan fingerprint density at radius 2 is 1.74 bits per heavy atom. The standard InChI is InChI=1S/C26H27ClN2O.ClH/c27-21-8-6-19(7-9-21)20-12-15-29(16-13-20)14-11-18-5-10-23-22-3-1-2-4-24(22)26(30)28-25(23)17-18;/h5-10,12,17H,1-4,11,13-16H2,(H,28,30);1H. The molecule has 2 aliphatic rings. The Balaban J connectivity index is 0.00000231. The molecule has 2 heterocycles. The predicted octanol–water partition coefficient (Wildman–Crippen LogP) is 5.81. The molecule has 0 radical (unpaired) electrons. The highest BCUT2D eigenvalue weighted by Crippen LogP contribution is 2.27. The van der Waals surface area contributed by atoms with Gasteiger partial charge in [-0.15, -0.1) is 12.4 Å². The minimum atomic E-state index is 0. The van der Waals surface area contributed by atoms with E-state index in [1.807, 2.05) is 12.1 Å². The number of aromatic nitrogens is 1. The zero-order chi connectivity index (χ0) is 20.5. The largest absolute Gasteiger partial charge is 0.322 e. The van der Waals surface area contributed by atoms with Crippen molar-refractivity contribution in [3.05, 3.63) is 86.2 Å². The van der Waals surface area contributed by atoms with Gasteiger partial charge in [0.05, 0.1) is 0 Å². The third-order valence-electron chi connectivity index (χ3n) is 6.62. The Labute approximate surface area is 194 Å². The summed E-state index contributed by atoms with van der Waals surface area (Å²) in [5.74, 6) is 0. The van der Waals surface area contributed by atoms with E-state index in [9.17, 15) is 4.79 Å². The van der Waals surface area contributed by atoms with Gasteiger partial charge in [0, 0.05) is 41.1 Å². The van der Waals surface area contributed by atoms with E-state index < -0.39 is 0 Å². The fourth-order valence-electron chi connectivity index (χ4n) is 4.89. The monoisotopic (exact) mass is 454 g/mol. The number of aryl methyl sites for hydroxylation is 1. The highest BCUT2D eigenvalue weighted by atomic mass is 35.5. The lowest BCUT2D eigenvalue weighted by atomic mass is 9.89. The van der Waals surface area contributed by atoms with Crippen LogP contribution < -0.4 is 5.56 Å². The van der Waals surface area contributed by atoms with E-state index in [-0.39, 0.29) is 18.0 Å². The van der Waals surface area contributed by atoms with Crippen LogP contribution in [0.3, 0.4) is 0 Å². The number of rotatable bonds is 4. The molecule has 0 saturated heterocycles. The second kappa shape index (κ2) is 9.60. The zero-order valence-electron chi connectivity index (χ0n) is 17.6. The van der Waals surface area contributed by atoms with Gasteiger partial charge in [0.25, 0.3) is 5.56 Å². The van der Waals surface area contributed by atoms with E-state index in [4.69, 9.17) is 11.6 Å². The van der Waals surface area contributed by atoms with Crippen molar-refractivity contribution in [3.8, 4) is 0 Å². The number of nitrogens with one attached hydrogen (secondary N) is 1. The summed E-state index contributed by atoms with van der Waals surface area (Å²) in [6, 6.07) is 14.8. The second-order valence-corrected chi connectivity index (χ2v) is 8.97. The van der Waals surface area contributed by atoms with Gasteiger partial charge in [-0.2, -0.15) is 0 Å². The van der Waals surface area contributed by atoms with Crippen molar-refractivity contribution in [3.63, 3.8) is 0 Å². The van der Waals surface area contributed by atoms with E-state index in [1.54, 1.807) is 0 Å². The predicted molar refractivity (Wildman–Crippen MR) is 133 cm³/mol. The van der Waals surface area contributed by atoms with Crippen LogP contribution in [0, 0.1) is 0 Å². The normalized spacial score (nSPS) is 16.5. The van der Waals surface area contributed by atoms with Crippen molar-refractivity contribution < 1.29 is 0 Å². The number of aromatic amines is 1. The molecule has 5 rings (SSSR count). The topological polar surface area (TPSA) is 36.1 Å². The molecule has 0 bridgehead atoms. The van der Waals surface area contributed by atoms with Crippen LogP contribution in [0.5, 0.6) is 0 Å². The van der Waals surface area contributed by atoms with Crippen LogP contribution in [0.4, 0.5) is 0 Å². The Morgan fingerprint density at radius 1 is 0.968 bits per heavy atom. The second-order valence-electron chi connectivity index (χ2n) is 8.54. The SMILES string of the molecule is Cl.O=c1[nH]c2cc(CCN3CC=C(c4ccc(Cl)cc4)CC3)ccc2c2c1CCCC2. The maximum atomic E-state index is 12.5. The smallest absolute Gasteiger partial charge is 0.251 e. The van der Waals surface area contributed by atoms with Crippen LogP contribution >= 0.6 is 24.0 Å². The first-order valence-corrected chi connectivity index (χ1v) is 11.4. The number of halogens is 2. The number of nitrogens with zero attached hydrogens (tertiary/aromatic N) is 1. The summed E-state index contributed by atoms with van der Waals surface area (Å²) < 4.78 is 0. The average molecular weight is 455 g/mol. The van der Waals surface area contributed by atoms with Crippen LogP contribution in [0.25, 0.3) is 16.5 Å². The first-order chi connectivity index (χ1) is 14.7. The molecule has 1 aromatic heterocycles. The van der Waals surface area contributed by atoms with Gasteiger partial charge >= 0.3 is 0 Å². The molecule has 1 N–H and O–H groups in total. The summed E-state index contributed by atoms with van der Waals surface area (Å²) in [7, 11) is 0. The van der Waals surface area contributed by atoms with Gasteiger partial charge in [0.15, 0.2) is 0 Å². The Hall–Kier alpha value is -2.07. The fourth-order valence-corrected chi connectivity index (χ4v) is 5.02. The van der Waals surface area contributed by atoms with Crippen molar-refractivity contribution >= 4 is 40.5 Å². The maximum Gasteiger partial charge on any atom is 0.251 e. The molecule has 5 heteroatoms. The van der Waals surface area contributed by atoms with Crippen LogP contribution in [-0.4, -0.2) is 29.5 Å². The van der Waals surface area contributed by atoms with Crippen molar-refractivity contribution in [2.24, 2.45) is 0 Å². The number of hydrogen-bond acceptors (Lipinski definition) is 2. The van der Waals surface area contributed by atoms with Gasteiger partial charge in [-0.25, -0.2) is 0 Å². The fraction of sp³-hybridized carbons (Fsp3) is 0.346. The lowest BCUT2D eigenvalue weighted by Gasteiger charge is -2.26. The highest BCUT2D eigenvalue weighted by molar-refractivity contribution is 6.30. The number of hydrogen-bond donors (Lipinski definition) is 1. The molecule has 1 aliphatic heterocycles. The molecular weight excluding hydrogens is 427 g/mol. The summed E-state index contributed by atoms with van der Waals surface area (Å²) in [4.78, 5) is 18.1. The van der Waals surface area contributed by atoms with E-state index in [0.29, 0.717) is 0 Å². The quantitative estimate of drug-likeness (QED) is 0.539. The third-order valence-corrected chi connectivity index (χ3v) is 6.88. The van der Waals surface area contributed by atoms with E-state index in [2.05, 4.69) is 46.3 Å². The molecule has 3 nitrogen and oxygen atoms in total. The molecule has 0 unspecified atom stereocenters. The average Bonchev–Trinajstić information content (AvgIpc) is 2.79. The Bertz CT molecular complexity index is 1160. The van der Waals surface area contributed by atoms with Crippen molar-refractivity contribution in [1.82, 2.24) is 9.88 Å². The van der Waals surface area contributed by atoms with Gasteiger partial charge < -0.3 is 4.98 Å². The summed E-state index contributed by atoms with van der Waals surface area (Å²) in [5, 5.41) is 2.02. The first kappa shape index (κ1) is 22.1. The molecular formula is C26H28Cl2N2O. The van der Waals surface area contributed by atoms with Gasteiger partial charge in [-0.3, -0.25) is 9.69 Å². The van der Waals surface area contributed by atoms with Crippen LogP contribution in [0.15, 0.2) is 53.3 Å². The third kappa shape index (κ3) is 4.74. The minimum absolute atomic E-state index is 0. The summed E-state index contributed by atoms with van der Waals surface area (Å²) in [5.41, 5.74) is 7.39. The molecule has 0 saturated carbocycles. The van der Waals surface area contributed by atoms with Crippen molar-refractivity contribution in [2.75, 3.05) is 19.6 Å². The first-order valence-electron chi connectivity index (χ1n) is 11.0. The zero-order valence-corrected chi connectivity index (χ0v) is 19.2. The molecule has 0 fully saturated rings. The highest BCUT2D eigenvalue weighted by Gasteiger charge is 2.17. The molecule has 162 valence electrons. The Kier molecular flexibility index (Phi) is 6.86. The van der Waals surface area contributed by atoms with Gasteiger partial charge in [0.2, 0.25) is 0 Å². The number of benzene rings is 2. The van der Waals surface area contributed by atoms with Crippen molar-refractivity contribution in [2.45, 2.75) is 38.5 Å². The van der Waals surface area contributed by atoms with Gasteiger partial charge in [-0.1, -0.05) is 41.9 Å². The number of pyridine rings is 1. The Morgan fingerprint density at radius 3 is 2.48 bits per heavy atom. The maximum absolute atomic E-state index is 12.5. The summed E-state index contributed by atoms with van der Waals surface area (Å²) in [6.45, 7) is 3.09. The van der Waals surface area contributed by atoms with E-state index in [1.165, 1.54) is 34.1 Å². The van der Waals surface area contributed by atoms with Crippen LogP contribution in [-0.2, 0) is 19.3 Å². The number of H-pyrrole nitrogens is 1. The van der Waals surface area contributed by atoms with E-state index in [0.717, 1.165) is 67.8 Å². The summed E-state index contributed by atoms with van der Waals surface area (Å²) >= 11 is 6.01. The lowest BCUT2D eigenvalue weighted by molar-refractivity contribution is 0.306. The molecule has 3 aromatic rings.